The zero-order chi connectivity index (χ0) is 13.7. The highest BCUT2D eigenvalue weighted by Gasteiger charge is 2.10. The van der Waals surface area contributed by atoms with Crippen molar-refractivity contribution in [2.45, 2.75) is 6.42 Å². The van der Waals surface area contributed by atoms with Crippen molar-refractivity contribution >= 4 is 23.2 Å². The first-order chi connectivity index (χ1) is 9.16. The number of nitrogens with two attached hydrogens (primary N) is 1. The van der Waals surface area contributed by atoms with Gasteiger partial charge < -0.3 is 11.1 Å². The number of nitrogens with zero attached hydrogens (tertiary/aromatic N) is 2. The summed E-state index contributed by atoms with van der Waals surface area (Å²) in [7, 11) is 0. The van der Waals surface area contributed by atoms with E-state index in [4.69, 9.17) is 17.3 Å². The number of amides is 1. The molecular formula is C13H13ClN4O. The van der Waals surface area contributed by atoms with Gasteiger partial charge in [-0.1, -0.05) is 11.6 Å². The van der Waals surface area contributed by atoms with Crippen LogP contribution in [0.15, 0.2) is 36.8 Å². The number of aromatic nitrogens is 2. The summed E-state index contributed by atoms with van der Waals surface area (Å²) < 4.78 is 0. The number of hydrogen-bond acceptors (Lipinski definition) is 4. The van der Waals surface area contributed by atoms with Crippen LogP contribution in [0.3, 0.4) is 0 Å². The first-order valence-electron chi connectivity index (χ1n) is 5.75. The van der Waals surface area contributed by atoms with E-state index in [9.17, 15) is 4.79 Å². The molecule has 2 aromatic heterocycles. The van der Waals surface area contributed by atoms with Crippen LogP contribution in [0.1, 0.15) is 15.9 Å². The number of nitrogen functional groups attached to an aromatic ring is 1. The maximum Gasteiger partial charge on any atom is 0.253 e. The van der Waals surface area contributed by atoms with E-state index in [-0.39, 0.29) is 11.1 Å². The number of halogens is 1. The summed E-state index contributed by atoms with van der Waals surface area (Å²) in [5, 5.41) is 3.03. The van der Waals surface area contributed by atoms with E-state index in [1.807, 2.05) is 12.1 Å². The van der Waals surface area contributed by atoms with Gasteiger partial charge in [0.05, 0.1) is 17.4 Å². The number of pyridine rings is 2. The standard InChI is InChI=1S/C13H13ClN4O/c14-12-7-10(11(15)8-18-12)13(19)17-6-3-9-1-4-16-5-2-9/h1-2,4-5,7-8H,3,6,15H2,(H,17,19). The van der Waals surface area contributed by atoms with E-state index in [0.717, 1.165) is 12.0 Å². The van der Waals surface area contributed by atoms with Crippen LogP contribution in [0.25, 0.3) is 0 Å². The average Bonchev–Trinajstić information content (AvgIpc) is 2.42. The summed E-state index contributed by atoms with van der Waals surface area (Å²) in [6.45, 7) is 0.516. The van der Waals surface area contributed by atoms with Crippen LogP contribution in [0.5, 0.6) is 0 Å². The van der Waals surface area contributed by atoms with Gasteiger partial charge in [-0.25, -0.2) is 4.98 Å². The summed E-state index contributed by atoms with van der Waals surface area (Å²) in [6, 6.07) is 5.27. The molecule has 3 N–H and O–H groups in total. The lowest BCUT2D eigenvalue weighted by atomic mass is 10.2. The molecule has 0 radical (unpaired) electrons. The third-order valence-electron chi connectivity index (χ3n) is 2.59. The number of hydrogen-bond donors (Lipinski definition) is 2. The van der Waals surface area contributed by atoms with Crippen LogP contribution in [0.2, 0.25) is 5.15 Å². The molecule has 0 unspecified atom stereocenters. The molecule has 2 heterocycles. The quantitative estimate of drug-likeness (QED) is 0.833. The summed E-state index contributed by atoms with van der Waals surface area (Å²) in [5.74, 6) is -0.254. The first-order valence-corrected chi connectivity index (χ1v) is 6.13. The summed E-state index contributed by atoms with van der Waals surface area (Å²) in [4.78, 5) is 19.7. The van der Waals surface area contributed by atoms with Crippen LogP contribution in [-0.4, -0.2) is 22.4 Å². The van der Waals surface area contributed by atoms with Gasteiger partial charge in [-0.3, -0.25) is 9.78 Å². The van der Waals surface area contributed by atoms with Crippen molar-refractivity contribution < 1.29 is 4.79 Å². The van der Waals surface area contributed by atoms with Crippen LogP contribution in [-0.2, 0) is 6.42 Å². The lowest BCUT2D eigenvalue weighted by molar-refractivity contribution is 0.0955. The van der Waals surface area contributed by atoms with Gasteiger partial charge in [-0.2, -0.15) is 0 Å². The first kappa shape index (κ1) is 13.3. The number of nitrogens with one attached hydrogen (secondary N) is 1. The highest BCUT2D eigenvalue weighted by atomic mass is 35.5. The van der Waals surface area contributed by atoms with Gasteiger partial charge >= 0.3 is 0 Å². The van der Waals surface area contributed by atoms with E-state index in [0.29, 0.717) is 17.8 Å². The molecule has 0 aliphatic rings. The Morgan fingerprint density at radius 1 is 1.37 bits per heavy atom. The molecule has 0 aliphatic heterocycles. The molecule has 2 aromatic rings. The van der Waals surface area contributed by atoms with Crippen molar-refractivity contribution in [2.75, 3.05) is 12.3 Å². The van der Waals surface area contributed by atoms with Crippen LogP contribution in [0, 0.1) is 0 Å². The third kappa shape index (κ3) is 3.66. The van der Waals surface area contributed by atoms with Crippen molar-refractivity contribution in [3.63, 3.8) is 0 Å². The Morgan fingerprint density at radius 2 is 2.11 bits per heavy atom. The molecule has 5 nitrogen and oxygen atoms in total. The average molecular weight is 277 g/mol. The number of carbonyl (C=O) groups excluding carboxylic acids is 1. The van der Waals surface area contributed by atoms with Gasteiger partial charge in [0, 0.05) is 18.9 Å². The molecule has 98 valence electrons. The van der Waals surface area contributed by atoms with Gasteiger partial charge in [0.1, 0.15) is 5.15 Å². The van der Waals surface area contributed by atoms with E-state index in [2.05, 4.69) is 15.3 Å². The normalized spacial score (nSPS) is 10.2. The fourth-order valence-electron chi connectivity index (χ4n) is 1.60. The van der Waals surface area contributed by atoms with E-state index >= 15 is 0 Å². The van der Waals surface area contributed by atoms with Crippen molar-refractivity contribution in [2.24, 2.45) is 0 Å². The van der Waals surface area contributed by atoms with Crippen LogP contribution >= 0.6 is 11.6 Å². The van der Waals surface area contributed by atoms with Gasteiger partial charge in [0.15, 0.2) is 0 Å². The van der Waals surface area contributed by atoms with E-state index in [1.165, 1.54) is 12.3 Å². The number of anilines is 1. The van der Waals surface area contributed by atoms with E-state index in [1.54, 1.807) is 12.4 Å². The highest BCUT2D eigenvalue weighted by Crippen LogP contribution is 2.14. The van der Waals surface area contributed by atoms with Crippen molar-refractivity contribution in [3.05, 3.63) is 53.1 Å². The van der Waals surface area contributed by atoms with Gasteiger partial charge in [-0.05, 0) is 30.2 Å². The van der Waals surface area contributed by atoms with Gasteiger partial charge in [0.2, 0.25) is 0 Å². The molecule has 19 heavy (non-hydrogen) atoms. The SMILES string of the molecule is Nc1cnc(Cl)cc1C(=O)NCCc1ccncc1. The minimum atomic E-state index is -0.254. The van der Waals surface area contributed by atoms with Crippen LogP contribution < -0.4 is 11.1 Å². The lowest BCUT2D eigenvalue weighted by Gasteiger charge is -2.07. The highest BCUT2D eigenvalue weighted by molar-refractivity contribution is 6.29. The predicted molar refractivity (Wildman–Crippen MR) is 73.9 cm³/mol. The fraction of sp³-hybridized carbons (Fsp3) is 0.154. The Labute approximate surface area is 115 Å². The Hall–Kier alpha value is -2.14. The van der Waals surface area contributed by atoms with Gasteiger partial charge in [-0.15, -0.1) is 0 Å². The molecule has 0 aromatic carbocycles. The molecule has 0 atom stereocenters. The lowest BCUT2D eigenvalue weighted by Crippen LogP contribution is -2.26. The minimum absolute atomic E-state index is 0.244. The second-order valence-corrected chi connectivity index (χ2v) is 4.34. The Balaban J connectivity index is 1.93. The number of carbonyl (C=O) groups is 1. The van der Waals surface area contributed by atoms with Crippen molar-refractivity contribution in [1.29, 1.82) is 0 Å². The topological polar surface area (TPSA) is 80.9 Å². The molecule has 0 saturated heterocycles. The molecule has 0 spiro atoms. The number of rotatable bonds is 4. The van der Waals surface area contributed by atoms with Gasteiger partial charge in [0.25, 0.3) is 5.91 Å². The maximum atomic E-state index is 11.9. The smallest absolute Gasteiger partial charge is 0.253 e. The summed E-state index contributed by atoms with van der Waals surface area (Å²) >= 11 is 5.74. The second kappa shape index (κ2) is 6.15. The second-order valence-electron chi connectivity index (χ2n) is 3.96. The van der Waals surface area contributed by atoms with E-state index < -0.39 is 0 Å². The van der Waals surface area contributed by atoms with Crippen LogP contribution in [0.4, 0.5) is 5.69 Å². The minimum Gasteiger partial charge on any atom is -0.397 e. The third-order valence-corrected chi connectivity index (χ3v) is 2.80. The van der Waals surface area contributed by atoms with Crippen molar-refractivity contribution in [1.82, 2.24) is 15.3 Å². The zero-order valence-corrected chi connectivity index (χ0v) is 10.9. The molecule has 2 rings (SSSR count). The molecule has 0 saturated carbocycles. The molecule has 0 fully saturated rings. The maximum absolute atomic E-state index is 11.9. The zero-order valence-electron chi connectivity index (χ0n) is 10.1. The molecule has 6 heteroatoms. The Morgan fingerprint density at radius 3 is 2.84 bits per heavy atom. The molecule has 0 bridgehead atoms. The summed E-state index contributed by atoms with van der Waals surface area (Å²) in [5.41, 5.74) is 7.44. The monoisotopic (exact) mass is 276 g/mol. The molecular weight excluding hydrogens is 264 g/mol. The Bertz CT molecular complexity index is 574. The summed E-state index contributed by atoms with van der Waals surface area (Å²) in [6.07, 6.45) is 5.54. The largest absolute Gasteiger partial charge is 0.397 e. The Kier molecular flexibility index (Phi) is 4.30. The molecule has 1 amide bonds. The fourth-order valence-corrected chi connectivity index (χ4v) is 1.76. The predicted octanol–water partition coefficient (Wildman–Crippen LogP) is 1.68. The van der Waals surface area contributed by atoms with Crippen molar-refractivity contribution in [3.8, 4) is 0 Å². The molecule has 0 aliphatic carbocycles.